The van der Waals surface area contributed by atoms with Crippen molar-refractivity contribution < 1.29 is 4.74 Å². The van der Waals surface area contributed by atoms with E-state index in [9.17, 15) is 5.26 Å². The summed E-state index contributed by atoms with van der Waals surface area (Å²) in [6.07, 6.45) is 0. The fraction of sp³-hybridized carbons (Fsp3) is 0.133. The van der Waals surface area contributed by atoms with E-state index in [0.29, 0.717) is 17.1 Å². The zero-order valence-electron chi connectivity index (χ0n) is 11.3. The second-order valence-corrected chi connectivity index (χ2v) is 4.78. The number of aromatic nitrogens is 1. The van der Waals surface area contributed by atoms with Crippen LogP contribution >= 0.6 is 11.8 Å². The van der Waals surface area contributed by atoms with Gasteiger partial charge in [0.15, 0.2) is 0 Å². The molecule has 1 aromatic heterocycles. The molecule has 0 unspecified atom stereocenters. The third-order valence-electron chi connectivity index (χ3n) is 2.75. The number of thioether (sulfide) groups is 1. The number of thiocyanates is 1. The normalized spacial score (nSPS) is 9.67. The summed E-state index contributed by atoms with van der Waals surface area (Å²) in [5.41, 5.74) is 7.49. The lowest BCUT2D eigenvalue weighted by atomic mass is 10.0. The zero-order valence-corrected chi connectivity index (χ0v) is 12.1. The number of benzene rings is 1. The van der Waals surface area contributed by atoms with Gasteiger partial charge in [-0.25, -0.2) is 0 Å². The number of pyridine rings is 1. The van der Waals surface area contributed by atoms with E-state index in [1.165, 1.54) is 0 Å². The lowest BCUT2D eigenvalue weighted by Gasteiger charge is -2.14. The number of ether oxygens (including phenoxy) is 1. The van der Waals surface area contributed by atoms with Gasteiger partial charge < -0.3 is 10.5 Å². The van der Waals surface area contributed by atoms with Crippen molar-refractivity contribution in [1.82, 2.24) is 4.98 Å². The van der Waals surface area contributed by atoms with E-state index in [-0.39, 0.29) is 17.3 Å². The average molecular weight is 296 g/mol. The van der Waals surface area contributed by atoms with Crippen LogP contribution in [-0.4, -0.2) is 11.6 Å². The number of nitriles is 2. The minimum atomic E-state index is 0.0992. The Kier molecular flexibility index (Phi) is 4.65. The number of anilines is 1. The van der Waals surface area contributed by atoms with Crippen molar-refractivity contribution in [2.75, 3.05) is 12.3 Å². The van der Waals surface area contributed by atoms with Gasteiger partial charge in [-0.1, -0.05) is 30.3 Å². The zero-order chi connectivity index (χ0) is 15.2. The molecule has 6 heteroatoms. The Morgan fingerprint density at radius 2 is 2.00 bits per heavy atom. The molecule has 0 radical (unpaired) electrons. The fourth-order valence-corrected chi connectivity index (χ4v) is 2.54. The van der Waals surface area contributed by atoms with Crippen LogP contribution in [0.25, 0.3) is 11.1 Å². The van der Waals surface area contributed by atoms with Crippen LogP contribution in [-0.2, 0) is 0 Å². The van der Waals surface area contributed by atoms with Crippen molar-refractivity contribution >= 4 is 17.6 Å². The highest BCUT2D eigenvalue weighted by Crippen LogP contribution is 2.41. The van der Waals surface area contributed by atoms with Crippen LogP contribution in [0.15, 0.2) is 35.2 Å². The first-order valence-electron chi connectivity index (χ1n) is 6.20. The van der Waals surface area contributed by atoms with Crippen LogP contribution in [0.4, 0.5) is 5.82 Å². The topological polar surface area (TPSA) is 95.7 Å². The highest BCUT2D eigenvalue weighted by molar-refractivity contribution is 8.04. The number of nitrogens with zero attached hydrogens (tertiary/aromatic N) is 3. The predicted molar refractivity (Wildman–Crippen MR) is 81.4 cm³/mol. The number of nitrogen functional groups attached to an aromatic ring is 1. The van der Waals surface area contributed by atoms with Crippen molar-refractivity contribution in [3.63, 3.8) is 0 Å². The predicted octanol–water partition coefficient (Wildman–Crippen LogP) is 3.17. The van der Waals surface area contributed by atoms with E-state index in [2.05, 4.69) is 11.1 Å². The first-order chi connectivity index (χ1) is 10.2. The second kappa shape index (κ2) is 6.65. The summed E-state index contributed by atoms with van der Waals surface area (Å²) < 4.78 is 5.46. The van der Waals surface area contributed by atoms with E-state index in [4.69, 9.17) is 15.7 Å². The Morgan fingerprint density at radius 1 is 1.29 bits per heavy atom. The minimum absolute atomic E-state index is 0.0992. The van der Waals surface area contributed by atoms with Gasteiger partial charge in [-0.3, -0.25) is 0 Å². The fourth-order valence-electron chi connectivity index (χ4n) is 1.93. The maximum atomic E-state index is 9.37. The molecule has 2 aromatic rings. The molecule has 0 aliphatic carbocycles. The summed E-state index contributed by atoms with van der Waals surface area (Å²) in [4.78, 5) is 4.61. The van der Waals surface area contributed by atoms with E-state index in [1.54, 1.807) is 0 Å². The third kappa shape index (κ3) is 2.91. The molecule has 0 aliphatic rings. The Labute approximate surface area is 127 Å². The molecule has 0 amide bonds. The van der Waals surface area contributed by atoms with Crippen molar-refractivity contribution in [1.29, 1.82) is 10.5 Å². The van der Waals surface area contributed by atoms with E-state index in [1.807, 2.05) is 42.7 Å². The van der Waals surface area contributed by atoms with E-state index < -0.39 is 0 Å². The van der Waals surface area contributed by atoms with Gasteiger partial charge in [-0.2, -0.15) is 15.5 Å². The first-order valence-corrected chi connectivity index (χ1v) is 7.02. The van der Waals surface area contributed by atoms with Gasteiger partial charge in [0.2, 0.25) is 5.88 Å². The van der Waals surface area contributed by atoms with Gasteiger partial charge in [0.1, 0.15) is 22.9 Å². The second-order valence-electron chi connectivity index (χ2n) is 3.99. The Balaban J connectivity index is 2.81. The minimum Gasteiger partial charge on any atom is -0.477 e. The van der Waals surface area contributed by atoms with E-state index in [0.717, 1.165) is 17.3 Å². The Hall–Kier alpha value is -2.70. The van der Waals surface area contributed by atoms with Crippen LogP contribution in [0.5, 0.6) is 5.88 Å². The first kappa shape index (κ1) is 14.7. The SMILES string of the molecule is CCOc1nc(N)c(C#N)c(-c2ccccc2)c1SC#N. The van der Waals surface area contributed by atoms with Gasteiger partial charge in [0.05, 0.1) is 11.5 Å². The molecule has 104 valence electrons. The monoisotopic (exact) mass is 296 g/mol. The van der Waals surface area contributed by atoms with Gasteiger partial charge in [0.25, 0.3) is 0 Å². The third-order valence-corrected chi connectivity index (χ3v) is 3.43. The summed E-state index contributed by atoms with van der Waals surface area (Å²) in [6.45, 7) is 2.21. The number of hydrogen-bond acceptors (Lipinski definition) is 6. The van der Waals surface area contributed by atoms with Gasteiger partial charge in [-0.15, -0.1) is 0 Å². The molecule has 0 atom stereocenters. The molecule has 1 aromatic carbocycles. The molecule has 0 spiro atoms. The van der Waals surface area contributed by atoms with Crippen LogP contribution in [0.1, 0.15) is 12.5 Å². The van der Waals surface area contributed by atoms with E-state index >= 15 is 0 Å². The van der Waals surface area contributed by atoms with Crippen LogP contribution in [0.2, 0.25) is 0 Å². The smallest absolute Gasteiger partial charge is 0.231 e. The average Bonchev–Trinajstić information content (AvgIpc) is 2.50. The molecule has 2 N–H and O–H groups in total. The molecule has 21 heavy (non-hydrogen) atoms. The van der Waals surface area contributed by atoms with Crippen molar-refractivity contribution in [3.8, 4) is 28.5 Å². The summed E-state index contributed by atoms with van der Waals surface area (Å²) in [5, 5.41) is 20.4. The molecule has 1 heterocycles. The molecule has 0 aliphatic heterocycles. The lowest BCUT2D eigenvalue weighted by Crippen LogP contribution is -2.04. The molecular weight excluding hydrogens is 284 g/mol. The molecule has 0 bridgehead atoms. The van der Waals surface area contributed by atoms with Gasteiger partial charge >= 0.3 is 0 Å². The summed E-state index contributed by atoms with van der Waals surface area (Å²) in [7, 11) is 0. The highest BCUT2D eigenvalue weighted by Gasteiger charge is 2.21. The quantitative estimate of drug-likeness (QED) is 0.687. The molecule has 0 saturated heterocycles. The molecule has 5 nitrogen and oxygen atoms in total. The lowest BCUT2D eigenvalue weighted by molar-refractivity contribution is 0.319. The highest BCUT2D eigenvalue weighted by atomic mass is 32.2. The largest absolute Gasteiger partial charge is 0.477 e. The summed E-state index contributed by atoms with van der Waals surface area (Å²) >= 11 is 0.913. The van der Waals surface area contributed by atoms with Crippen LogP contribution < -0.4 is 10.5 Å². The van der Waals surface area contributed by atoms with Crippen molar-refractivity contribution in [3.05, 3.63) is 35.9 Å². The summed E-state index contributed by atoms with van der Waals surface area (Å²) in [5.74, 6) is 0.376. The number of rotatable bonds is 4. The maximum Gasteiger partial charge on any atom is 0.231 e. The van der Waals surface area contributed by atoms with Gasteiger partial charge in [0, 0.05) is 5.56 Å². The summed E-state index contributed by atoms with van der Waals surface area (Å²) in [6, 6.07) is 11.4. The van der Waals surface area contributed by atoms with Crippen LogP contribution in [0, 0.1) is 22.0 Å². The van der Waals surface area contributed by atoms with Gasteiger partial charge in [-0.05, 0) is 24.2 Å². The Morgan fingerprint density at radius 3 is 2.57 bits per heavy atom. The van der Waals surface area contributed by atoms with Crippen LogP contribution in [0.3, 0.4) is 0 Å². The standard InChI is InChI=1S/C15H12N4OS/c1-2-20-15-13(21-9-17)12(10-6-4-3-5-7-10)11(8-16)14(18)19-15/h3-7H,2H2,1H3,(H2,18,19). The van der Waals surface area contributed by atoms with Crippen molar-refractivity contribution in [2.45, 2.75) is 11.8 Å². The molecule has 2 rings (SSSR count). The molecule has 0 fully saturated rings. The maximum absolute atomic E-state index is 9.37. The number of hydrogen-bond donors (Lipinski definition) is 1. The Bertz CT molecular complexity index is 732. The molecule has 0 saturated carbocycles. The molecular formula is C15H12N4OS. The number of nitrogens with two attached hydrogens (primary N) is 1. The van der Waals surface area contributed by atoms with Crippen molar-refractivity contribution in [2.24, 2.45) is 0 Å².